The van der Waals surface area contributed by atoms with Crippen molar-refractivity contribution < 1.29 is 22.3 Å². The summed E-state index contributed by atoms with van der Waals surface area (Å²) < 4.78 is 45.9. The molecule has 0 fully saturated rings. The largest absolute Gasteiger partial charge is 0.383 e. The van der Waals surface area contributed by atoms with Crippen molar-refractivity contribution in [1.29, 1.82) is 0 Å². The average Bonchev–Trinajstić information content (AvgIpc) is 3.04. The third kappa shape index (κ3) is 5.70. The molecule has 0 aliphatic carbocycles. The van der Waals surface area contributed by atoms with Crippen molar-refractivity contribution in [3.05, 3.63) is 52.9 Å². The second-order valence-electron chi connectivity index (χ2n) is 6.61. The first-order valence-corrected chi connectivity index (χ1v) is 11.2. The van der Waals surface area contributed by atoms with Crippen LogP contribution in [0.3, 0.4) is 0 Å². The van der Waals surface area contributed by atoms with Crippen LogP contribution in [0.5, 0.6) is 0 Å². The summed E-state index contributed by atoms with van der Waals surface area (Å²) >= 11 is 5.76. The van der Waals surface area contributed by atoms with E-state index in [9.17, 15) is 17.6 Å². The van der Waals surface area contributed by atoms with Gasteiger partial charge < -0.3 is 15.4 Å². The van der Waals surface area contributed by atoms with Crippen molar-refractivity contribution in [2.45, 2.75) is 0 Å². The van der Waals surface area contributed by atoms with Crippen LogP contribution in [-0.4, -0.2) is 50.2 Å². The topological polar surface area (TPSA) is 114 Å². The molecule has 12 heteroatoms. The number of rotatable bonds is 9. The molecule has 1 amide bonds. The minimum Gasteiger partial charge on any atom is -0.383 e. The Morgan fingerprint density at radius 2 is 1.97 bits per heavy atom. The van der Waals surface area contributed by atoms with Crippen molar-refractivity contribution in [3.8, 4) is 0 Å². The Kier molecular flexibility index (Phi) is 7.11. The third-order valence-corrected chi connectivity index (χ3v) is 5.78. The van der Waals surface area contributed by atoms with E-state index in [2.05, 4.69) is 20.5 Å². The first-order chi connectivity index (χ1) is 14.7. The number of aromatic nitrogens is 2. The Labute approximate surface area is 183 Å². The summed E-state index contributed by atoms with van der Waals surface area (Å²) in [4.78, 5) is 12.8. The maximum absolute atomic E-state index is 13.3. The molecule has 2 aromatic carbocycles. The fourth-order valence-corrected chi connectivity index (χ4v) is 3.91. The number of methoxy groups -OCH3 is 1. The van der Waals surface area contributed by atoms with E-state index < -0.39 is 21.7 Å². The molecule has 0 saturated carbocycles. The molecule has 0 atom stereocenters. The normalized spacial score (nSPS) is 11.6. The number of anilines is 2. The predicted octanol–water partition coefficient (Wildman–Crippen LogP) is 2.55. The number of fused-ring (bicyclic) bond motifs is 1. The number of nitrogens with zero attached hydrogens (tertiary/aromatic N) is 2. The van der Waals surface area contributed by atoms with Gasteiger partial charge in [0.1, 0.15) is 17.4 Å². The monoisotopic (exact) mass is 469 g/mol. The molecule has 3 aromatic rings. The van der Waals surface area contributed by atoms with Gasteiger partial charge in [-0.2, -0.15) is 5.10 Å². The number of sulfonamides is 1. The SMILES string of the molecule is COCCNS(=O)(=O)CNc1ccc2c(C(=O)Nc3ccc(F)c(Cl)c3)n(C)nc2c1. The van der Waals surface area contributed by atoms with Gasteiger partial charge in [-0.3, -0.25) is 9.48 Å². The summed E-state index contributed by atoms with van der Waals surface area (Å²) in [7, 11) is -0.432. The lowest BCUT2D eigenvalue weighted by Gasteiger charge is -2.09. The van der Waals surface area contributed by atoms with Crippen LogP contribution in [0.15, 0.2) is 36.4 Å². The zero-order valence-corrected chi connectivity index (χ0v) is 18.3. The summed E-state index contributed by atoms with van der Waals surface area (Å²) in [6.45, 7) is 0.450. The molecule has 0 aliphatic rings. The van der Waals surface area contributed by atoms with E-state index in [1.807, 2.05) is 0 Å². The quantitative estimate of drug-likeness (QED) is 0.415. The lowest BCUT2D eigenvalue weighted by Crippen LogP contribution is -2.32. The Bertz CT molecular complexity index is 1220. The van der Waals surface area contributed by atoms with Crippen LogP contribution in [-0.2, 0) is 21.8 Å². The van der Waals surface area contributed by atoms with Crippen LogP contribution in [0.1, 0.15) is 10.5 Å². The zero-order chi connectivity index (χ0) is 22.6. The Morgan fingerprint density at radius 3 is 2.68 bits per heavy atom. The second kappa shape index (κ2) is 9.60. The molecule has 9 nitrogen and oxygen atoms in total. The van der Waals surface area contributed by atoms with E-state index in [0.717, 1.165) is 6.07 Å². The number of carbonyl (C=O) groups excluding carboxylic acids is 1. The van der Waals surface area contributed by atoms with Crippen LogP contribution in [0.2, 0.25) is 5.02 Å². The number of benzene rings is 2. The van der Waals surface area contributed by atoms with E-state index in [1.54, 1.807) is 25.2 Å². The minimum atomic E-state index is -3.53. The predicted molar refractivity (Wildman–Crippen MR) is 117 cm³/mol. The van der Waals surface area contributed by atoms with E-state index in [0.29, 0.717) is 22.3 Å². The molecule has 31 heavy (non-hydrogen) atoms. The standard InChI is InChI=1S/C19H21ClFN5O4S/c1-26-18(19(27)24-13-4-6-16(21)15(20)9-13)14-5-3-12(10-17(14)25-26)22-11-31(28,29)23-7-8-30-2/h3-6,9-10,22-23H,7-8,11H2,1-2H3,(H,24,27). The lowest BCUT2D eigenvalue weighted by molar-refractivity contribution is 0.101. The van der Waals surface area contributed by atoms with Gasteiger partial charge in [0.05, 0.1) is 17.1 Å². The van der Waals surface area contributed by atoms with Gasteiger partial charge in [-0.25, -0.2) is 17.5 Å². The van der Waals surface area contributed by atoms with E-state index in [4.69, 9.17) is 16.3 Å². The number of hydrogen-bond donors (Lipinski definition) is 3. The number of amides is 1. The number of aryl methyl sites for hydroxylation is 1. The van der Waals surface area contributed by atoms with Crippen LogP contribution < -0.4 is 15.4 Å². The van der Waals surface area contributed by atoms with Crippen LogP contribution >= 0.6 is 11.6 Å². The lowest BCUT2D eigenvalue weighted by atomic mass is 10.1. The molecule has 0 unspecified atom stereocenters. The van der Waals surface area contributed by atoms with E-state index >= 15 is 0 Å². The zero-order valence-electron chi connectivity index (χ0n) is 16.8. The van der Waals surface area contributed by atoms with Gasteiger partial charge >= 0.3 is 0 Å². The summed E-state index contributed by atoms with van der Waals surface area (Å²) in [5.41, 5.74) is 1.66. The maximum atomic E-state index is 13.3. The Morgan fingerprint density at radius 1 is 1.23 bits per heavy atom. The van der Waals surface area contributed by atoms with Gasteiger partial charge in [0, 0.05) is 37.5 Å². The van der Waals surface area contributed by atoms with Gasteiger partial charge in [0.15, 0.2) is 0 Å². The van der Waals surface area contributed by atoms with Crippen molar-refractivity contribution in [3.63, 3.8) is 0 Å². The molecule has 166 valence electrons. The van der Waals surface area contributed by atoms with Crippen molar-refractivity contribution in [1.82, 2.24) is 14.5 Å². The van der Waals surface area contributed by atoms with E-state index in [-0.39, 0.29) is 29.7 Å². The minimum absolute atomic E-state index is 0.102. The highest BCUT2D eigenvalue weighted by atomic mass is 35.5. The van der Waals surface area contributed by atoms with Gasteiger partial charge in [-0.15, -0.1) is 0 Å². The second-order valence-corrected chi connectivity index (χ2v) is 8.82. The fraction of sp³-hybridized carbons (Fsp3) is 0.263. The Hall–Kier alpha value is -2.73. The van der Waals surface area contributed by atoms with Crippen molar-refractivity contribution >= 4 is 49.8 Å². The first kappa shape index (κ1) is 22.9. The molecule has 0 bridgehead atoms. The van der Waals surface area contributed by atoms with Crippen LogP contribution in [0.25, 0.3) is 10.9 Å². The first-order valence-electron chi connectivity index (χ1n) is 9.13. The number of ether oxygens (including phenoxy) is 1. The van der Waals surface area contributed by atoms with E-state index in [1.165, 1.54) is 23.9 Å². The molecular formula is C19H21ClFN5O4S. The number of carbonyl (C=O) groups is 1. The summed E-state index contributed by atoms with van der Waals surface area (Å²) in [6.07, 6.45) is 0. The summed E-state index contributed by atoms with van der Waals surface area (Å²) in [6, 6.07) is 8.85. The van der Waals surface area contributed by atoms with Crippen molar-refractivity contribution in [2.24, 2.45) is 7.05 Å². The number of halogens is 2. The van der Waals surface area contributed by atoms with Crippen molar-refractivity contribution in [2.75, 3.05) is 36.8 Å². The van der Waals surface area contributed by atoms with Crippen LogP contribution in [0, 0.1) is 5.82 Å². The highest BCUT2D eigenvalue weighted by Gasteiger charge is 2.18. The molecule has 1 heterocycles. The molecule has 0 spiro atoms. The number of nitrogens with one attached hydrogen (secondary N) is 3. The molecule has 1 aromatic heterocycles. The number of hydrogen-bond acceptors (Lipinski definition) is 6. The smallest absolute Gasteiger partial charge is 0.274 e. The van der Waals surface area contributed by atoms with Gasteiger partial charge in [-0.1, -0.05) is 11.6 Å². The molecule has 3 rings (SSSR count). The van der Waals surface area contributed by atoms with Crippen LogP contribution in [0.4, 0.5) is 15.8 Å². The highest BCUT2D eigenvalue weighted by molar-refractivity contribution is 7.89. The highest BCUT2D eigenvalue weighted by Crippen LogP contribution is 2.24. The third-order valence-electron chi connectivity index (χ3n) is 4.32. The summed E-state index contributed by atoms with van der Waals surface area (Å²) in [5.74, 6) is -1.35. The molecule has 0 aliphatic heterocycles. The maximum Gasteiger partial charge on any atom is 0.274 e. The van der Waals surface area contributed by atoms with Gasteiger partial charge in [0.2, 0.25) is 10.0 Å². The summed E-state index contributed by atoms with van der Waals surface area (Å²) in [5, 5.41) is 10.3. The molecule has 0 saturated heterocycles. The Balaban J connectivity index is 1.75. The fourth-order valence-electron chi connectivity index (χ4n) is 2.87. The van der Waals surface area contributed by atoms with Gasteiger partial charge in [0.25, 0.3) is 5.91 Å². The van der Waals surface area contributed by atoms with Gasteiger partial charge in [-0.05, 0) is 36.4 Å². The molecule has 3 N–H and O–H groups in total. The molecular weight excluding hydrogens is 449 g/mol. The molecule has 0 radical (unpaired) electrons. The average molecular weight is 470 g/mol.